The molecule has 0 radical (unpaired) electrons. The molecule has 1 aliphatic heterocycles. The molecular formula is C26H29NO5. The number of carbonyl (C=O) groups is 2. The molecule has 3 rings (SSSR count). The normalized spacial score (nSPS) is 14.9. The molecule has 0 aromatic heterocycles. The Hall–Kier alpha value is -3.54. The SMILES string of the molecule is CCOC(=O)C1=C(C)N(c2ccc(C)c(C)c2)C(=O)/C1=C\c1ccc(OCC)c(OC)c1. The van der Waals surface area contributed by atoms with E-state index in [0.717, 1.165) is 11.1 Å². The maximum Gasteiger partial charge on any atom is 0.340 e. The standard InChI is InChI=1S/C26H29NO5/c1-7-31-22-12-10-19(15-23(22)30-6)14-21-24(26(29)32-8-2)18(5)27(25(21)28)20-11-9-16(3)17(4)13-20/h9-15H,7-8H2,1-6H3/b21-14-. The zero-order valence-electron chi connectivity index (χ0n) is 19.4. The Morgan fingerprint density at radius 1 is 0.969 bits per heavy atom. The first-order valence-corrected chi connectivity index (χ1v) is 10.6. The van der Waals surface area contributed by atoms with E-state index in [9.17, 15) is 9.59 Å². The number of methoxy groups -OCH3 is 1. The molecule has 6 heteroatoms. The Balaban J connectivity index is 2.12. The number of hydrogen-bond acceptors (Lipinski definition) is 5. The van der Waals surface area contributed by atoms with Crippen molar-refractivity contribution in [3.8, 4) is 11.5 Å². The second kappa shape index (κ2) is 9.73. The number of allylic oxidation sites excluding steroid dienone is 1. The summed E-state index contributed by atoms with van der Waals surface area (Å²) in [4.78, 5) is 27.9. The van der Waals surface area contributed by atoms with Crippen molar-refractivity contribution >= 4 is 23.6 Å². The van der Waals surface area contributed by atoms with Gasteiger partial charge in [0.15, 0.2) is 11.5 Å². The molecule has 0 atom stereocenters. The summed E-state index contributed by atoms with van der Waals surface area (Å²) < 4.78 is 16.3. The van der Waals surface area contributed by atoms with Crippen LogP contribution in [0.3, 0.4) is 0 Å². The van der Waals surface area contributed by atoms with Crippen molar-refractivity contribution in [3.63, 3.8) is 0 Å². The number of aryl methyl sites for hydroxylation is 2. The predicted molar refractivity (Wildman–Crippen MR) is 125 cm³/mol. The van der Waals surface area contributed by atoms with Gasteiger partial charge in [-0.3, -0.25) is 9.69 Å². The van der Waals surface area contributed by atoms with Crippen LogP contribution in [0.1, 0.15) is 37.5 Å². The van der Waals surface area contributed by atoms with Crippen molar-refractivity contribution in [1.29, 1.82) is 0 Å². The molecule has 32 heavy (non-hydrogen) atoms. The van der Waals surface area contributed by atoms with Crippen LogP contribution in [0.5, 0.6) is 11.5 Å². The maximum absolute atomic E-state index is 13.5. The second-order valence-electron chi connectivity index (χ2n) is 7.49. The zero-order chi connectivity index (χ0) is 23.4. The molecule has 2 aromatic rings. The van der Waals surface area contributed by atoms with Crippen molar-refractivity contribution in [2.45, 2.75) is 34.6 Å². The van der Waals surface area contributed by atoms with Gasteiger partial charge in [-0.1, -0.05) is 12.1 Å². The molecule has 0 spiro atoms. The number of carbonyl (C=O) groups excluding carboxylic acids is 2. The first-order valence-electron chi connectivity index (χ1n) is 10.6. The van der Waals surface area contributed by atoms with Crippen molar-refractivity contribution in [3.05, 3.63) is 69.9 Å². The number of nitrogens with zero attached hydrogens (tertiary/aromatic N) is 1. The van der Waals surface area contributed by atoms with Gasteiger partial charge in [-0.15, -0.1) is 0 Å². The van der Waals surface area contributed by atoms with Crippen molar-refractivity contribution < 1.29 is 23.8 Å². The molecule has 0 saturated carbocycles. The van der Waals surface area contributed by atoms with Gasteiger partial charge in [-0.05, 0) is 81.7 Å². The monoisotopic (exact) mass is 435 g/mol. The van der Waals surface area contributed by atoms with Crippen LogP contribution in [0.15, 0.2) is 53.2 Å². The molecule has 1 amide bonds. The number of esters is 1. The minimum Gasteiger partial charge on any atom is -0.493 e. The van der Waals surface area contributed by atoms with Crippen LogP contribution < -0.4 is 14.4 Å². The van der Waals surface area contributed by atoms with E-state index in [0.29, 0.717) is 35.1 Å². The predicted octanol–water partition coefficient (Wildman–Crippen LogP) is 4.98. The van der Waals surface area contributed by atoms with E-state index in [1.165, 1.54) is 0 Å². The summed E-state index contributed by atoms with van der Waals surface area (Å²) in [6, 6.07) is 11.2. The Morgan fingerprint density at radius 2 is 1.72 bits per heavy atom. The summed E-state index contributed by atoms with van der Waals surface area (Å²) in [5.41, 5.74) is 4.71. The van der Waals surface area contributed by atoms with Crippen LogP contribution in [0, 0.1) is 13.8 Å². The van der Waals surface area contributed by atoms with E-state index in [-0.39, 0.29) is 23.7 Å². The van der Waals surface area contributed by atoms with Gasteiger partial charge in [0, 0.05) is 11.4 Å². The van der Waals surface area contributed by atoms with E-state index < -0.39 is 5.97 Å². The second-order valence-corrected chi connectivity index (χ2v) is 7.49. The van der Waals surface area contributed by atoms with E-state index in [1.54, 1.807) is 44.1 Å². The van der Waals surface area contributed by atoms with E-state index in [4.69, 9.17) is 14.2 Å². The molecule has 1 heterocycles. The molecular weight excluding hydrogens is 406 g/mol. The van der Waals surface area contributed by atoms with Gasteiger partial charge >= 0.3 is 5.97 Å². The molecule has 6 nitrogen and oxygen atoms in total. The van der Waals surface area contributed by atoms with Crippen molar-refractivity contribution in [2.24, 2.45) is 0 Å². The fourth-order valence-corrected chi connectivity index (χ4v) is 3.67. The highest BCUT2D eigenvalue weighted by molar-refractivity contribution is 6.23. The van der Waals surface area contributed by atoms with Crippen LogP contribution in [0.25, 0.3) is 6.08 Å². The molecule has 0 unspecified atom stereocenters. The molecule has 0 N–H and O–H groups in total. The van der Waals surface area contributed by atoms with Gasteiger partial charge < -0.3 is 14.2 Å². The zero-order valence-corrected chi connectivity index (χ0v) is 19.4. The minimum atomic E-state index is -0.520. The molecule has 2 aromatic carbocycles. The lowest BCUT2D eigenvalue weighted by atomic mass is 10.0. The minimum absolute atomic E-state index is 0.220. The third kappa shape index (κ3) is 4.40. The first-order chi connectivity index (χ1) is 15.3. The van der Waals surface area contributed by atoms with Crippen LogP contribution in [0.2, 0.25) is 0 Å². The van der Waals surface area contributed by atoms with E-state index >= 15 is 0 Å². The van der Waals surface area contributed by atoms with Gasteiger partial charge in [-0.25, -0.2) is 4.79 Å². The van der Waals surface area contributed by atoms with E-state index in [1.807, 2.05) is 45.0 Å². The number of rotatable bonds is 7. The molecule has 0 saturated heterocycles. The molecule has 0 fully saturated rings. The number of hydrogen-bond donors (Lipinski definition) is 0. The molecule has 168 valence electrons. The Kier molecular flexibility index (Phi) is 7.03. The average molecular weight is 436 g/mol. The number of amides is 1. The van der Waals surface area contributed by atoms with Gasteiger partial charge in [0.2, 0.25) is 0 Å². The third-order valence-electron chi connectivity index (χ3n) is 5.43. The highest BCUT2D eigenvalue weighted by Crippen LogP contribution is 2.37. The van der Waals surface area contributed by atoms with Crippen molar-refractivity contribution in [2.75, 3.05) is 25.2 Å². The fourth-order valence-electron chi connectivity index (χ4n) is 3.67. The summed E-state index contributed by atoms with van der Waals surface area (Å²) >= 11 is 0. The summed E-state index contributed by atoms with van der Waals surface area (Å²) in [5, 5.41) is 0. The quantitative estimate of drug-likeness (QED) is 0.453. The summed E-state index contributed by atoms with van der Waals surface area (Å²) in [5.74, 6) is 0.371. The fraction of sp³-hybridized carbons (Fsp3) is 0.308. The Bertz CT molecular complexity index is 1110. The summed E-state index contributed by atoms with van der Waals surface area (Å²) in [6.07, 6.45) is 1.69. The Labute approximate surface area is 189 Å². The first kappa shape index (κ1) is 23.1. The number of benzene rings is 2. The third-order valence-corrected chi connectivity index (χ3v) is 5.43. The summed E-state index contributed by atoms with van der Waals surface area (Å²) in [7, 11) is 1.56. The number of ether oxygens (including phenoxy) is 3. The van der Waals surface area contributed by atoms with Crippen LogP contribution in [-0.2, 0) is 14.3 Å². The molecule has 0 aliphatic carbocycles. The lowest BCUT2D eigenvalue weighted by Crippen LogP contribution is -2.24. The largest absolute Gasteiger partial charge is 0.493 e. The van der Waals surface area contributed by atoms with Gasteiger partial charge in [0.05, 0.1) is 31.5 Å². The lowest BCUT2D eigenvalue weighted by Gasteiger charge is -2.19. The van der Waals surface area contributed by atoms with Gasteiger partial charge in [0.1, 0.15) is 0 Å². The summed E-state index contributed by atoms with van der Waals surface area (Å²) in [6.45, 7) is 10.1. The topological polar surface area (TPSA) is 65.1 Å². The van der Waals surface area contributed by atoms with Crippen molar-refractivity contribution in [1.82, 2.24) is 0 Å². The average Bonchev–Trinajstić information content (AvgIpc) is 3.01. The highest BCUT2D eigenvalue weighted by Gasteiger charge is 2.38. The van der Waals surface area contributed by atoms with E-state index in [2.05, 4.69) is 0 Å². The molecule has 1 aliphatic rings. The van der Waals surface area contributed by atoms with Crippen LogP contribution >= 0.6 is 0 Å². The van der Waals surface area contributed by atoms with Gasteiger partial charge in [0.25, 0.3) is 5.91 Å². The smallest absolute Gasteiger partial charge is 0.340 e. The number of anilines is 1. The van der Waals surface area contributed by atoms with Crippen LogP contribution in [0.4, 0.5) is 5.69 Å². The maximum atomic E-state index is 13.5. The van der Waals surface area contributed by atoms with Gasteiger partial charge in [-0.2, -0.15) is 0 Å². The lowest BCUT2D eigenvalue weighted by molar-refractivity contribution is -0.138. The Morgan fingerprint density at radius 3 is 2.34 bits per heavy atom. The highest BCUT2D eigenvalue weighted by atomic mass is 16.5. The molecule has 0 bridgehead atoms. The van der Waals surface area contributed by atoms with Crippen LogP contribution in [-0.4, -0.2) is 32.2 Å².